The topological polar surface area (TPSA) is 228 Å². The molecular formula is C49H87NO13. The number of aliphatic hydroxyl groups is 8. The van der Waals surface area contributed by atoms with E-state index in [1.807, 2.05) is 6.08 Å². The van der Waals surface area contributed by atoms with Crippen molar-refractivity contribution >= 4 is 5.91 Å². The molecule has 2 fully saturated rings. The van der Waals surface area contributed by atoms with Crippen molar-refractivity contribution in [2.75, 3.05) is 19.8 Å². The molecule has 12 atom stereocenters. The van der Waals surface area contributed by atoms with E-state index in [2.05, 4.69) is 55.6 Å². The average Bonchev–Trinajstić information content (AvgIpc) is 3.28. The Morgan fingerprint density at radius 2 is 1.10 bits per heavy atom. The molecule has 0 spiro atoms. The van der Waals surface area contributed by atoms with E-state index in [9.17, 15) is 45.6 Å². The van der Waals surface area contributed by atoms with Crippen molar-refractivity contribution in [3.05, 3.63) is 48.6 Å². The van der Waals surface area contributed by atoms with Gasteiger partial charge in [0.2, 0.25) is 5.91 Å². The van der Waals surface area contributed by atoms with Gasteiger partial charge in [0.1, 0.15) is 48.8 Å². The molecule has 0 aliphatic carbocycles. The van der Waals surface area contributed by atoms with E-state index in [1.54, 1.807) is 6.08 Å². The molecular weight excluding hydrogens is 811 g/mol. The zero-order valence-electron chi connectivity index (χ0n) is 38.6. The maximum absolute atomic E-state index is 13.1. The molecule has 0 bridgehead atoms. The number of aliphatic hydroxyl groups excluding tert-OH is 8. The SMILES string of the molecule is CC/C=C\C/C=C\C/C=C\CCCCCCCCCC(=O)NC(COC1OC(CO)C(OC2OC(CO)C(O)C(O)C2O)C(O)C1O)C(O)/C=C/CCCCCCCCCCCC. The number of amides is 1. The van der Waals surface area contributed by atoms with Crippen molar-refractivity contribution in [3.8, 4) is 0 Å². The summed E-state index contributed by atoms with van der Waals surface area (Å²) in [6.07, 6.45) is 24.3. The van der Waals surface area contributed by atoms with Crippen molar-refractivity contribution in [1.82, 2.24) is 5.32 Å². The quantitative estimate of drug-likeness (QED) is 0.0272. The van der Waals surface area contributed by atoms with E-state index in [-0.39, 0.29) is 18.9 Å². The third-order valence-corrected chi connectivity index (χ3v) is 11.8. The fraction of sp³-hybridized carbons (Fsp3) is 0.816. The lowest BCUT2D eigenvalue weighted by Crippen LogP contribution is -2.65. The molecule has 366 valence electrons. The van der Waals surface area contributed by atoms with E-state index < -0.39 is 86.8 Å². The smallest absolute Gasteiger partial charge is 0.220 e. The Balaban J connectivity index is 1.87. The molecule has 9 N–H and O–H groups in total. The molecule has 0 aromatic heterocycles. The van der Waals surface area contributed by atoms with Crippen LogP contribution in [-0.2, 0) is 23.7 Å². The lowest BCUT2D eigenvalue weighted by Gasteiger charge is -2.46. The molecule has 63 heavy (non-hydrogen) atoms. The highest BCUT2D eigenvalue weighted by molar-refractivity contribution is 5.76. The second-order valence-electron chi connectivity index (χ2n) is 17.2. The highest BCUT2D eigenvalue weighted by Gasteiger charge is 2.51. The van der Waals surface area contributed by atoms with Gasteiger partial charge < -0.3 is 65.1 Å². The summed E-state index contributed by atoms with van der Waals surface area (Å²) < 4.78 is 22.6. The van der Waals surface area contributed by atoms with Crippen LogP contribution in [0.3, 0.4) is 0 Å². The molecule has 2 heterocycles. The average molecular weight is 898 g/mol. The molecule has 1 amide bonds. The monoisotopic (exact) mass is 898 g/mol. The van der Waals surface area contributed by atoms with Crippen molar-refractivity contribution < 1.29 is 64.6 Å². The predicted octanol–water partition coefficient (Wildman–Crippen LogP) is 5.71. The second-order valence-corrected chi connectivity index (χ2v) is 17.2. The Morgan fingerprint density at radius 3 is 1.68 bits per heavy atom. The first-order chi connectivity index (χ1) is 30.6. The van der Waals surface area contributed by atoms with Gasteiger partial charge >= 0.3 is 0 Å². The summed E-state index contributed by atoms with van der Waals surface area (Å²) in [7, 11) is 0. The summed E-state index contributed by atoms with van der Waals surface area (Å²) in [5.74, 6) is -0.254. The number of rotatable bonds is 36. The Hall–Kier alpha value is -2.05. The van der Waals surface area contributed by atoms with Crippen LogP contribution in [-0.4, -0.2) is 140 Å². The Kier molecular flexibility index (Phi) is 32.7. The maximum atomic E-state index is 13.1. The summed E-state index contributed by atoms with van der Waals surface area (Å²) in [6.45, 7) is 2.64. The number of hydrogen-bond donors (Lipinski definition) is 9. The summed E-state index contributed by atoms with van der Waals surface area (Å²) in [5, 5.41) is 86.6. The van der Waals surface area contributed by atoms with Gasteiger partial charge in [-0.05, 0) is 51.4 Å². The van der Waals surface area contributed by atoms with Gasteiger partial charge in [-0.1, -0.05) is 152 Å². The first-order valence-corrected chi connectivity index (χ1v) is 24.4. The maximum Gasteiger partial charge on any atom is 0.220 e. The highest BCUT2D eigenvalue weighted by atomic mass is 16.7. The van der Waals surface area contributed by atoms with Crippen LogP contribution < -0.4 is 5.32 Å². The first-order valence-electron chi connectivity index (χ1n) is 24.4. The Labute approximate surface area is 378 Å². The molecule has 2 saturated heterocycles. The lowest BCUT2D eigenvalue weighted by molar-refractivity contribution is -0.359. The minimum absolute atomic E-state index is 0.254. The first kappa shape index (κ1) is 57.1. The largest absolute Gasteiger partial charge is 0.394 e. The third kappa shape index (κ3) is 23.8. The molecule has 0 aromatic carbocycles. The summed E-state index contributed by atoms with van der Waals surface area (Å²) in [6, 6.07) is -0.918. The third-order valence-electron chi connectivity index (χ3n) is 11.8. The van der Waals surface area contributed by atoms with Crippen LogP contribution in [0.5, 0.6) is 0 Å². The molecule has 0 saturated carbocycles. The zero-order valence-corrected chi connectivity index (χ0v) is 38.6. The van der Waals surface area contributed by atoms with Crippen LogP contribution >= 0.6 is 0 Å². The van der Waals surface area contributed by atoms with Gasteiger partial charge in [0.15, 0.2) is 12.6 Å². The van der Waals surface area contributed by atoms with Crippen LogP contribution in [0, 0.1) is 0 Å². The van der Waals surface area contributed by atoms with Crippen LogP contribution in [0.4, 0.5) is 0 Å². The molecule has 2 rings (SSSR count). The number of allylic oxidation sites excluding steroid dienone is 7. The number of unbranched alkanes of at least 4 members (excludes halogenated alkanes) is 17. The Bertz CT molecular complexity index is 1250. The van der Waals surface area contributed by atoms with Gasteiger partial charge in [-0.2, -0.15) is 0 Å². The minimum atomic E-state index is -1.79. The molecule has 0 aromatic rings. The van der Waals surface area contributed by atoms with E-state index >= 15 is 0 Å². The number of nitrogens with one attached hydrogen (secondary N) is 1. The van der Waals surface area contributed by atoms with Gasteiger partial charge in [-0.25, -0.2) is 0 Å². The van der Waals surface area contributed by atoms with E-state index in [4.69, 9.17) is 18.9 Å². The minimum Gasteiger partial charge on any atom is -0.394 e. The molecule has 2 aliphatic heterocycles. The summed E-state index contributed by atoms with van der Waals surface area (Å²) >= 11 is 0. The molecule has 2 aliphatic rings. The summed E-state index contributed by atoms with van der Waals surface area (Å²) in [4.78, 5) is 13.1. The lowest BCUT2D eigenvalue weighted by atomic mass is 9.97. The van der Waals surface area contributed by atoms with Gasteiger partial charge in [0.05, 0.1) is 32.0 Å². The van der Waals surface area contributed by atoms with Gasteiger partial charge in [-0.15, -0.1) is 0 Å². The van der Waals surface area contributed by atoms with Crippen molar-refractivity contribution in [3.63, 3.8) is 0 Å². The van der Waals surface area contributed by atoms with Crippen LogP contribution in [0.1, 0.15) is 162 Å². The number of carbonyl (C=O) groups is 1. The normalized spacial score (nSPS) is 27.9. The van der Waals surface area contributed by atoms with Crippen molar-refractivity contribution in [2.45, 2.75) is 235 Å². The number of ether oxygens (including phenoxy) is 4. The standard InChI is InChI=1S/C49H87NO13/c1-3-5-7-9-11-13-15-17-18-19-20-21-23-25-27-29-31-33-41(54)50-37(38(53)32-30-28-26-24-22-16-14-12-10-8-6-4-2)36-60-48-46(59)44(57)47(40(35-52)62-48)63-49-45(58)43(56)42(55)39(34-51)61-49/h5,7,11,13,17-18,30,32,37-40,42-49,51-53,55-59H,3-4,6,8-10,12,14-16,19-29,31,33-36H2,1-2H3,(H,50,54)/b7-5-,13-11-,18-17-,32-30+. The van der Waals surface area contributed by atoms with Crippen molar-refractivity contribution in [2.24, 2.45) is 0 Å². The van der Waals surface area contributed by atoms with E-state index in [1.165, 1.54) is 64.2 Å². The second kappa shape index (κ2) is 36.1. The highest BCUT2D eigenvalue weighted by Crippen LogP contribution is 2.30. The van der Waals surface area contributed by atoms with Crippen LogP contribution in [0.2, 0.25) is 0 Å². The molecule has 0 radical (unpaired) electrons. The van der Waals surface area contributed by atoms with Crippen LogP contribution in [0.25, 0.3) is 0 Å². The number of hydrogen-bond acceptors (Lipinski definition) is 13. The van der Waals surface area contributed by atoms with Crippen molar-refractivity contribution in [1.29, 1.82) is 0 Å². The summed E-state index contributed by atoms with van der Waals surface area (Å²) in [5.41, 5.74) is 0. The number of carbonyl (C=O) groups excluding carboxylic acids is 1. The van der Waals surface area contributed by atoms with Gasteiger partial charge in [0.25, 0.3) is 0 Å². The van der Waals surface area contributed by atoms with Gasteiger partial charge in [-0.3, -0.25) is 4.79 Å². The van der Waals surface area contributed by atoms with E-state index in [0.717, 1.165) is 70.6 Å². The zero-order chi connectivity index (χ0) is 46.1. The Morgan fingerprint density at radius 1 is 0.587 bits per heavy atom. The van der Waals surface area contributed by atoms with Gasteiger partial charge in [0, 0.05) is 6.42 Å². The van der Waals surface area contributed by atoms with E-state index in [0.29, 0.717) is 6.42 Å². The predicted molar refractivity (Wildman–Crippen MR) is 244 cm³/mol. The fourth-order valence-electron chi connectivity index (χ4n) is 7.77. The molecule has 14 heteroatoms. The van der Waals surface area contributed by atoms with Crippen LogP contribution in [0.15, 0.2) is 48.6 Å². The molecule has 14 nitrogen and oxygen atoms in total. The fourth-order valence-corrected chi connectivity index (χ4v) is 7.77. The molecule has 12 unspecified atom stereocenters.